The van der Waals surface area contributed by atoms with E-state index < -0.39 is 16.0 Å². The van der Waals surface area contributed by atoms with E-state index >= 15 is 0 Å². The van der Waals surface area contributed by atoms with E-state index in [4.69, 9.17) is 9.47 Å². The molecule has 0 saturated carbocycles. The van der Waals surface area contributed by atoms with Crippen molar-refractivity contribution in [3.8, 4) is 5.75 Å². The fourth-order valence-electron chi connectivity index (χ4n) is 3.27. The summed E-state index contributed by atoms with van der Waals surface area (Å²) in [5, 5.41) is 0. The fraction of sp³-hybridized carbons (Fsp3) is 0.333. The maximum atomic E-state index is 12.4. The van der Waals surface area contributed by atoms with Gasteiger partial charge in [0.1, 0.15) is 5.75 Å². The molecule has 0 aromatic heterocycles. The zero-order valence-corrected chi connectivity index (χ0v) is 17.2. The van der Waals surface area contributed by atoms with Crippen LogP contribution in [0.3, 0.4) is 0 Å². The van der Waals surface area contributed by atoms with Crippen molar-refractivity contribution in [3.63, 3.8) is 0 Å². The second-order valence-electron chi connectivity index (χ2n) is 6.89. The summed E-state index contributed by atoms with van der Waals surface area (Å²) in [6.45, 7) is 0.0751. The number of sulfonamides is 1. The first-order valence-corrected chi connectivity index (χ1v) is 11.0. The molecule has 0 aliphatic carbocycles. The first kappa shape index (κ1) is 20.9. The van der Waals surface area contributed by atoms with E-state index in [0.717, 1.165) is 11.1 Å². The molecule has 1 aliphatic heterocycles. The zero-order valence-electron chi connectivity index (χ0n) is 16.4. The number of nitrogens with zero attached hydrogens (tertiary/aromatic N) is 1. The van der Waals surface area contributed by atoms with Gasteiger partial charge in [-0.05, 0) is 54.3 Å². The molecule has 8 heteroatoms. The lowest BCUT2D eigenvalue weighted by Gasteiger charge is -2.29. The Kier molecular flexibility index (Phi) is 6.22. The molecule has 1 aliphatic rings. The van der Waals surface area contributed by atoms with E-state index in [2.05, 4.69) is 0 Å². The van der Waals surface area contributed by atoms with Gasteiger partial charge >= 0.3 is 5.97 Å². The van der Waals surface area contributed by atoms with E-state index in [1.165, 1.54) is 10.6 Å². The number of carbonyl (C=O) groups is 2. The Morgan fingerprint density at radius 1 is 1.10 bits per heavy atom. The maximum Gasteiger partial charge on any atom is 0.310 e. The number of aryl methyl sites for hydroxylation is 1. The lowest BCUT2D eigenvalue weighted by Crippen LogP contribution is -2.34. The summed E-state index contributed by atoms with van der Waals surface area (Å²) in [6.07, 6.45) is 2.61. The number of ether oxygens (including phenoxy) is 2. The van der Waals surface area contributed by atoms with Gasteiger partial charge in [0.05, 0.1) is 25.5 Å². The van der Waals surface area contributed by atoms with Crippen molar-refractivity contribution in [1.29, 1.82) is 0 Å². The van der Waals surface area contributed by atoms with E-state index in [1.807, 2.05) is 0 Å². The van der Waals surface area contributed by atoms with Crippen LogP contribution in [0.1, 0.15) is 27.9 Å². The molecule has 29 heavy (non-hydrogen) atoms. The molecule has 0 saturated heterocycles. The van der Waals surface area contributed by atoms with Gasteiger partial charge in [-0.2, -0.15) is 0 Å². The van der Waals surface area contributed by atoms with Gasteiger partial charge in [-0.25, -0.2) is 8.42 Å². The van der Waals surface area contributed by atoms with Gasteiger partial charge in [0.25, 0.3) is 0 Å². The number of rotatable bonds is 7. The molecule has 0 fully saturated rings. The second kappa shape index (κ2) is 8.65. The van der Waals surface area contributed by atoms with Crippen molar-refractivity contribution in [1.82, 2.24) is 0 Å². The van der Waals surface area contributed by atoms with Crippen LogP contribution in [-0.4, -0.2) is 46.7 Å². The molecule has 0 radical (unpaired) electrons. The molecule has 2 aromatic rings. The lowest BCUT2D eigenvalue weighted by atomic mass is 9.99. The Balaban J connectivity index is 1.61. The van der Waals surface area contributed by atoms with Gasteiger partial charge in [0, 0.05) is 12.1 Å². The quantitative estimate of drug-likeness (QED) is 0.508. The Hall–Kier alpha value is -2.87. The zero-order chi connectivity index (χ0) is 21.0. The molecule has 0 amide bonds. The van der Waals surface area contributed by atoms with Gasteiger partial charge in [0.2, 0.25) is 10.0 Å². The van der Waals surface area contributed by atoms with Crippen LogP contribution in [0.4, 0.5) is 5.69 Å². The third-order valence-corrected chi connectivity index (χ3v) is 5.93. The smallest absolute Gasteiger partial charge is 0.310 e. The first-order chi connectivity index (χ1) is 13.8. The van der Waals surface area contributed by atoms with Gasteiger partial charge < -0.3 is 9.47 Å². The number of methoxy groups -OCH3 is 1. The maximum absolute atomic E-state index is 12.4. The SMILES string of the molecule is COc1ccc(CC(=O)OCC(=O)c2ccc3c(c2)CCCN3S(C)(=O)=O)cc1. The highest BCUT2D eigenvalue weighted by Crippen LogP contribution is 2.30. The Morgan fingerprint density at radius 2 is 1.83 bits per heavy atom. The molecular weight excluding hydrogens is 394 g/mol. The molecule has 0 atom stereocenters. The van der Waals surface area contributed by atoms with E-state index in [-0.39, 0.29) is 18.8 Å². The molecule has 0 spiro atoms. The summed E-state index contributed by atoms with van der Waals surface area (Å²) < 4.78 is 35.4. The predicted octanol–water partition coefficient (Wildman–Crippen LogP) is 2.38. The highest BCUT2D eigenvalue weighted by Gasteiger charge is 2.24. The van der Waals surface area contributed by atoms with Crippen LogP contribution in [0, 0.1) is 0 Å². The van der Waals surface area contributed by atoms with Crippen LogP contribution >= 0.6 is 0 Å². The van der Waals surface area contributed by atoms with E-state index in [0.29, 0.717) is 36.4 Å². The summed E-state index contributed by atoms with van der Waals surface area (Å²) in [6, 6.07) is 11.9. The molecule has 7 nitrogen and oxygen atoms in total. The van der Waals surface area contributed by atoms with E-state index in [1.54, 1.807) is 49.6 Å². The Labute approximate surface area is 170 Å². The number of Topliss-reactive ketones (excluding diaryl/α,β-unsaturated/α-hetero) is 1. The molecule has 3 rings (SSSR count). The van der Waals surface area contributed by atoms with Crippen LogP contribution in [0.5, 0.6) is 5.75 Å². The molecule has 0 unspecified atom stereocenters. The molecule has 0 N–H and O–H groups in total. The summed E-state index contributed by atoms with van der Waals surface area (Å²) in [5.41, 5.74) is 2.57. The number of anilines is 1. The minimum absolute atomic E-state index is 0.0603. The topological polar surface area (TPSA) is 90.0 Å². The number of hydrogen-bond acceptors (Lipinski definition) is 6. The number of fused-ring (bicyclic) bond motifs is 1. The van der Waals surface area contributed by atoms with Gasteiger partial charge in [-0.15, -0.1) is 0 Å². The van der Waals surface area contributed by atoms with Crippen LogP contribution in [-0.2, 0) is 32.4 Å². The van der Waals surface area contributed by atoms with Crippen molar-refractivity contribution in [2.24, 2.45) is 0 Å². The Bertz CT molecular complexity index is 1010. The predicted molar refractivity (Wildman–Crippen MR) is 109 cm³/mol. The van der Waals surface area contributed by atoms with Crippen molar-refractivity contribution in [2.75, 3.05) is 30.8 Å². The van der Waals surface area contributed by atoms with Gasteiger partial charge in [0.15, 0.2) is 12.4 Å². The second-order valence-corrected chi connectivity index (χ2v) is 8.80. The summed E-state index contributed by atoms with van der Waals surface area (Å²) >= 11 is 0. The minimum Gasteiger partial charge on any atom is -0.497 e. The molecular formula is C21H23NO6S. The first-order valence-electron chi connectivity index (χ1n) is 9.20. The molecule has 154 valence electrons. The van der Waals surface area contributed by atoms with Crippen LogP contribution in [0.25, 0.3) is 0 Å². The number of benzene rings is 2. The van der Waals surface area contributed by atoms with Crippen molar-refractivity contribution in [2.45, 2.75) is 19.3 Å². The monoisotopic (exact) mass is 417 g/mol. The van der Waals surface area contributed by atoms with Crippen molar-refractivity contribution >= 4 is 27.5 Å². The summed E-state index contributed by atoms with van der Waals surface area (Å²) in [4.78, 5) is 24.4. The summed E-state index contributed by atoms with van der Waals surface area (Å²) in [5.74, 6) is -0.128. The lowest BCUT2D eigenvalue weighted by molar-refractivity contribution is -0.141. The normalized spacial score (nSPS) is 13.5. The highest BCUT2D eigenvalue weighted by atomic mass is 32.2. The van der Waals surface area contributed by atoms with Crippen molar-refractivity contribution in [3.05, 3.63) is 59.2 Å². The molecule has 1 heterocycles. The average molecular weight is 417 g/mol. The third kappa shape index (κ3) is 5.14. The molecule has 2 aromatic carbocycles. The largest absolute Gasteiger partial charge is 0.497 e. The standard InChI is InChI=1S/C21H23NO6S/c1-27-18-8-5-15(6-9-18)12-21(24)28-14-20(23)17-7-10-19-16(13-17)4-3-11-22(19)29(2,25)26/h5-10,13H,3-4,11-12,14H2,1-2H3. The average Bonchev–Trinajstić information content (AvgIpc) is 2.71. The number of ketones is 1. The van der Waals surface area contributed by atoms with Crippen molar-refractivity contribution < 1.29 is 27.5 Å². The van der Waals surface area contributed by atoms with Crippen LogP contribution in [0.15, 0.2) is 42.5 Å². The van der Waals surface area contributed by atoms with E-state index in [9.17, 15) is 18.0 Å². The van der Waals surface area contributed by atoms with Gasteiger partial charge in [-0.1, -0.05) is 12.1 Å². The molecule has 0 bridgehead atoms. The highest BCUT2D eigenvalue weighted by molar-refractivity contribution is 7.92. The van der Waals surface area contributed by atoms with Crippen LogP contribution < -0.4 is 9.04 Å². The third-order valence-electron chi connectivity index (χ3n) is 4.75. The Morgan fingerprint density at radius 3 is 2.48 bits per heavy atom. The van der Waals surface area contributed by atoms with Gasteiger partial charge in [-0.3, -0.25) is 13.9 Å². The van der Waals surface area contributed by atoms with Crippen LogP contribution in [0.2, 0.25) is 0 Å². The summed E-state index contributed by atoms with van der Waals surface area (Å²) in [7, 11) is -1.79. The number of carbonyl (C=O) groups excluding carboxylic acids is 2. The minimum atomic E-state index is -3.36. The fourth-order valence-corrected chi connectivity index (χ4v) is 4.27. The number of hydrogen-bond donors (Lipinski definition) is 0. The number of esters is 1.